The van der Waals surface area contributed by atoms with Crippen molar-refractivity contribution in [1.29, 1.82) is 0 Å². The molecule has 0 radical (unpaired) electrons. The number of aliphatic imine (C=N–C) groups is 1. The van der Waals surface area contributed by atoms with Crippen molar-refractivity contribution in [2.75, 3.05) is 27.2 Å². The molecule has 1 fully saturated rings. The van der Waals surface area contributed by atoms with E-state index in [9.17, 15) is 13.6 Å². The van der Waals surface area contributed by atoms with Gasteiger partial charge < -0.3 is 15.0 Å². The number of hydrogen-bond donors (Lipinski definition) is 1. The van der Waals surface area contributed by atoms with Gasteiger partial charge in [0.05, 0.1) is 13.0 Å². The molecular weight excluding hydrogens is 431 g/mol. The van der Waals surface area contributed by atoms with E-state index < -0.39 is 11.6 Å². The van der Waals surface area contributed by atoms with Crippen LogP contribution in [0.5, 0.6) is 0 Å². The number of rotatable bonds is 3. The highest BCUT2D eigenvalue weighted by atomic mass is 127. The van der Waals surface area contributed by atoms with E-state index in [2.05, 4.69) is 10.3 Å². The monoisotopic (exact) mass is 453 g/mol. The second-order valence-corrected chi connectivity index (χ2v) is 5.65. The molecule has 1 heterocycles. The molecule has 0 spiro atoms. The van der Waals surface area contributed by atoms with Crippen LogP contribution in [0.25, 0.3) is 0 Å². The molecule has 0 bridgehead atoms. The molecular formula is C16H22F2IN3O2. The zero-order valence-electron chi connectivity index (χ0n) is 13.9. The Balaban J connectivity index is 0.00000288. The van der Waals surface area contributed by atoms with Gasteiger partial charge in [0.1, 0.15) is 11.6 Å². The van der Waals surface area contributed by atoms with E-state index >= 15 is 0 Å². The molecule has 8 heteroatoms. The molecule has 2 unspecified atom stereocenters. The number of guanidine groups is 1. The minimum Gasteiger partial charge on any atom is -0.469 e. The highest BCUT2D eigenvalue weighted by Gasteiger charge is 2.36. The Morgan fingerprint density at radius 2 is 2.12 bits per heavy atom. The highest BCUT2D eigenvalue weighted by molar-refractivity contribution is 14.0. The Morgan fingerprint density at radius 1 is 1.42 bits per heavy atom. The second kappa shape index (κ2) is 9.14. The van der Waals surface area contributed by atoms with Crippen LogP contribution in [-0.4, -0.2) is 44.1 Å². The summed E-state index contributed by atoms with van der Waals surface area (Å²) in [6.07, 6.45) is 0. The van der Waals surface area contributed by atoms with E-state index in [0.29, 0.717) is 19.0 Å². The molecule has 2 rings (SSSR count). The van der Waals surface area contributed by atoms with Crippen molar-refractivity contribution >= 4 is 35.9 Å². The van der Waals surface area contributed by atoms with Gasteiger partial charge in [0.15, 0.2) is 5.96 Å². The Kier molecular flexibility index (Phi) is 7.85. The van der Waals surface area contributed by atoms with Crippen molar-refractivity contribution in [2.45, 2.75) is 13.5 Å². The van der Waals surface area contributed by atoms with Gasteiger partial charge in [-0.15, -0.1) is 24.0 Å². The zero-order valence-corrected chi connectivity index (χ0v) is 16.2. The van der Waals surface area contributed by atoms with Crippen LogP contribution < -0.4 is 5.32 Å². The fourth-order valence-electron chi connectivity index (χ4n) is 2.78. The molecule has 0 saturated carbocycles. The van der Waals surface area contributed by atoms with Crippen molar-refractivity contribution < 1.29 is 18.3 Å². The van der Waals surface area contributed by atoms with Crippen LogP contribution in [0.15, 0.2) is 23.2 Å². The largest absolute Gasteiger partial charge is 0.469 e. The lowest BCUT2D eigenvalue weighted by molar-refractivity contribution is -0.145. The molecule has 2 atom stereocenters. The minimum atomic E-state index is -0.487. The number of halogens is 3. The Labute approximate surface area is 157 Å². The predicted molar refractivity (Wildman–Crippen MR) is 98.2 cm³/mol. The average molecular weight is 453 g/mol. The van der Waals surface area contributed by atoms with Crippen molar-refractivity contribution in [3.8, 4) is 0 Å². The highest BCUT2D eigenvalue weighted by Crippen LogP contribution is 2.24. The molecule has 1 aromatic carbocycles. The van der Waals surface area contributed by atoms with Gasteiger partial charge in [-0.05, 0) is 24.1 Å². The number of ether oxygens (including phenoxy) is 1. The number of carbonyl (C=O) groups is 1. The molecule has 0 aromatic heterocycles. The summed E-state index contributed by atoms with van der Waals surface area (Å²) < 4.78 is 31.7. The smallest absolute Gasteiger partial charge is 0.310 e. The Bertz CT molecular complexity index is 613. The Morgan fingerprint density at radius 3 is 2.75 bits per heavy atom. The first-order valence-corrected chi connectivity index (χ1v) is 7.43. The fourth-order valence-corrected chi connectivity index (χ4v) is 2.78. The average Bonchev–Trinajstić information content (AvgIpc) is 2.92. The maximum Gasteiger partial charge on any atom is 0.310 e. The predicted octanol–water partition coefficient (Wildman–Crippen LogP) is 2.40. The van der Waals surface area contributed by atoms with Gasteiger partial charge in [0.2, 0.25) is 0 Å². The van der Waals surface area contributed by atoms with Crippen molar-refractivity contribution in [3.63, 3.8) is 0 Å². The summed E-state index contributed by atoms with van der Waals surface area (Å²) in [5, 5.41) is 3.01. The third-order valence-electron chi connectivity index (χ3n) is 4.07. The summed E-state index contributed by atoms with van der Waals surface area (Å²) in [6.45, 7) is 3.22. The third kappa shape index (κ3) is 4.78. The number of nitrogens with one attached hydrogen (secondary N) is 1. The van der Waals surface area contributed by atoms with Crippen LogP contribution in [-0.2, 0) is 16.1 Å². The van der Waals surface area contributed by atoms with Gasteiger partial charge in [0, 0.05) is 32.2 Å². The summed E-state index contributed by atoms with van der Waals surface area (Å²) in [5.41, 5.74) is 0.225. The summed E-state index contributed by atoms with van der Waals surface area (Å²) in [4.78, 5) is 17.8. The van der Waals surface area contributed by atoms with Gasteiger partial charge in [-0.1, -0.05) is 6.92 Å². The van der Waals surface area contributed by atoms with Crippen LogP contribution >= 0.6 is 24.0 Å². The molecule has 1 aliphatic rings. The van der Waals surface area contributed by atoms with Crippen molar-refractivity contribution in [3.05, 3.63) is 35.4 Å². The van der Waals surface area contributed by atoms with Crippen molar-refractivity contribution in [2.24, 2.45) is 16.8 Å². The number of nitrogens with zero attached hydrogens (tertiary/aromatic N) is 2. The van der Waals surface area contributed by atoms with Crippen LogP contribution in [0, 0.1) is 23.5 Å². The minimum absolute atomic E-state index is 0. The first-order chi connectivity index (χ1) is 11.0. The summed E-state index contributed by atoms with van der Waals surface area (Å²) in [5.74, 6) is -0.745. The number of esters is 1. The summed E-state index contributed by atoms with van der Waals surface area (Å²) in [6, 6.07) is 3.33. The third-order valence-corrected chi connectivity index (χ3v) is 4.07. The van der Waals surface area contributed by atoms with E-state index in [1.54, 1.807) is 7.05 Å². The number of likely N-dealkylation sites (tertiary alicyclic amines) is 1. The van der Waals surface area contributed by atoms with Gasteiger partial charge in [0.25, 0.3) is 0 Å². The number of carbonyl (C=O) groups excluding carboxylic acids is 1. The van der Waals surface area contributed by atoms with E-state index in [1.807, 2.05) is 11.8 Å². The molecule has 0 aliphatic carbocycles. The second-order valence-electron chi connectivity index (χ2n) is 5.65. The normalized spacial score (nSPS) is 20.5. The van der Waals surface area contributed by atoms with Crippen LogP contribution in [0.2, 0.25) is 0 Å². The molecule has 1 saturated heterocycles. The van der Waals surface area contributed by atoms with Crippen LogP contribution in [0.4, 0.5) is 8.78 Å². The van der Waals surface area contributed by atoms with E-state index in [4.69, 9.17) is 4.74 Å². The van der Waals surface area contributed by atoms with Gasteiger partial charge in [-0.3, -0.25) is 9.79 Å². The molecule has 1 aliphatic heterocycles. The van der Waals surface area contributed by atoms with E-state index in [0.717, 1.165) is 18.2 Å². The molecule has 134 valence electrons. The molecule has 1 N–H and O–H groups in total. The van der Waals surface area contributed by atoms with Crippen LogP contribution in [0.1, 0.15) is 12.5 Å². The van der Waals surface area contributed by atoms with Gasteiger partial charge >= 0.3 is 5.97 Å². The quantitative estimate of drug-likeness (QED) is 0.331. The van der Waals surface area contributed by atoms with Crippen molar-refractivity contribution in [1.82, 2.24) is 10.2 Å². The first kappa shape index (κ1) is 20.6. The topological polar surface area (TPSA) is 53.9 Å². The number of hydrogen-bond acceptors (Lipinski definition) is 3. The number of benzene rings is 1. The standard InChI is InChI=1S/C16H21F2N3O2.HI/c1-10-8-21(9-13(10)15(22)23-3)16(19-2)20-7-11-6-12(17)4-5-14(11)18;/h4-6,10,13H,7-9H2,1-3H3,(H,19,20);1H. The molecule has 24 heavy (non-hydrogen) atoms. The van der Waals surface area contributed by atoms with Gasteiger partial charge in [-0.25, -0.2) is 8.78 Å². The lowest BCUT2D eigenvalue weighted by Crippen LogP contribution is -2.40. The zero-order chi connectivity index (χ0) is 17.0. The summed E-state index contributed by atoms with van der Waals surface area (Å²) in [7, 11) is 2.98. The lowest BCUT2D eigenvalue weighted by Gasteiger charge is -2.21. The lowest BCUT2D eigenvalue weighted by atomic mass is 9.99. The Hall–Kier alpha value is -1.45. The SMILES string of the molecule is CN=C(NCc1cc(F)ccc1F)N1CC(C)C(C(=O)OC)C1.I. The molecule has 1 aromatic rings. The number of methoxy groups -OCH3 is 1. The van der Waals surface area contributed by atoms with E-state index in [-0.39, 0.29) is 53.9 Å². The van der Waals surface area contributed by atoms with Gasteiger partial charge in [-0.2, -0.15) is 0 Å². The summed E-state index contributed by atoms with van der Waals surface area (Å²) >= 11 is 0. The molecule has 0 amide bonds. The maximum atomic E-state index is 13.7. The van der Waals surface area contributed by atoms with Crippen LogP contribution in [0.3, 0.4) is 0 Å². The first-order valence-electron chi connectivity index (χ1n) is 7.43. The molecule has 5 nitrogen and oxygen atoms in total. The van der Waals surface area contributed by atoms with E-state index in [1.165, 1.54) is 7.11 Å². The fraction of sp³-hybridized carbons (Fsp3) is 0.500. The maximum absolute atomic E-state index is 13.7.